The molecule has 0 aliphatic heterocycles. The van der Waals surface area contributed by atoms with Gasteiger partial charge in [-0.2, -0.15) is 0 Å². The number of hydrogen-bond donors (Lipinski definition) is 3. The van der Waals surface area contributed by atoms with Gasteiger partial charge in [-0.15, -0.1) is 11.3 Å². The lowest BCUT2D eigenvalue weighted by Crippen LogP contribution is -2.04. The van der Waals surface area contributed by atoms with Crippen LogP contribution in [0, 0.1) is 0 Å². The van der Waals surface area contributed by atoms with Crippen LogP contribution in [0.5, 0.6) is 17.2 Å². The number of thiophene rings is 1. The number of para-hydroxylation sites is 1. The molecule has 0 unspecified atom stereocenters. The van der Waals surface area contributed by atoms with E-state index in [-0.39, 0.29) is 23.0 Å². The van der Waals surface area contributed by atoms with E-state index in [1.54, 1.807) is 48.5 Å². The topological polar surface area (TPSA) is 77.8 Å². The van der Waals surface area contributed by atoms with Gasteiger partial charge in [0.2, 0.25) is 0 Å². The standard InChI is InChI=1S/C27H18O4S/c28-17-11-9-16(10-12-17)25-21(26(30)22-15-32-24-8-4-2-6-19(22)24)14-13-20(27(25)31)18-5-1-3-7-23(18)29/h1-15,28-29,31H. The average molecular weight is 439 g/mol. The van der Waals surface area contributed by atoms with E-state index >= 15 is 0 Å². The van der Waals surface area contributed by atoms with E-state index in [9.17, 15) is 20.1 Å². The Hall–Kier alpha value is -4.09. The lowest BCUT2D eigenvalue weighted by molar-refractivity contribution is 0.104. The molecular weight excluding hydrogens is 420 g/mol. The summed E-state index contributed by atoms with van der Waals surface area (Å²) in [5.74, 6) is -0.198. The zero-order valence-electron chi connectivity index (χ0n) is 16.8. The van der Waals surface area contributed by atoms with Crippen molar-refractivity contribution in [3.05, 3.63) is 101 Å². The number of carbonyl (C=O) groups is 1. The molecule has 0 saturated heterocycles. The molecule has 1 heterocycles. The molecule has 156 valence electrons. The molecule has 32 heavy (non-hydrogen) atoms. The van der Waals surface area contributed by atoms with Gasteiger partial charge in [0.05, 0.1) is 0 Å². The summed E-state index contributed by atoms with van der Waals surface area (Å²) in [4.78, 5) is 13.6. The van der Waals surface area contributed by atoms with Crippen LogP contribution in [0.15, 0.2) is 90.3 Å². The van der Waals surface area contributed by atoms with Crippen molar-refractivity contribution < 1.29 is 20.1 Å². The Labute approximate surface area is 188 Å². The quantitative estimate of drug-likeness (QED) is 0.277. The largest absolute Gasteiger partial charge is 0.508 e. The number of aromatic hydroxyl groups is 3. The SMILES string of the molecule is O=C(c1ccc(-c2ccccc2O)c(O)c1-c1ccc(O)cc1)c1csc2ccccc12. The predicted octanol–water partition coefficient (Wildman–Crippen LogP) is 6.58. The van der Waals surface area contributed by atoms with Crippen molar-refractivity contribution in [2.45, 2.75) is 0 Å². The van der Waals surface area contributed by atoms with Crippen molar-refractivity contribution in [2.75, 3.05) is 0 Å². The Kier molecular flexibility index (Phi) is 4.88. The second-order valence-electron chi connectivity index (χ2n) is 7.42. The molecule has 0 aliphatic carbocycles. The van der Waals surface area contributed by atoms with Crippen molar-refractivity contribution in [1.29, 1.82) is 0 Å². The normalized spacial score (nSPS) is 11.0. The van der Waals surface area contributed by atoms with E-state index in [1.165, 1.54) is 23.5 Å². The maximum absolute atomic E-state index is 13.6. The maximum Gasteiger partial charge on any atom is 0.195 e. The number of phenols is 3. The lowest BCUT2D eigenvalue weighted by atomic mass is 9.89. The number of carbonyl (C=O) groups excluding carboxylic acids is 1. The van der Waals surface area contributed by atoms with Crippen LogP contribution in [0.1, 0.15) is 15.9 Å². The van der Waals surface area contributed by atoms with Gasteiger partial charge in [-0.1, -0.05) is 48.5 Å². The Morgan fingerprint density at radius 2 is 1.41 bits per heavy atom. The van der Waals surface area contributed by atoms with E-state index in [2.05, 4.69) is 0 Å². The maximum atomic E-state index is 13.6. The summed E-state index contributed by atoms with van der Waals surface area (Å²) in [5.41, 5.74) is 2.73. The smallest absolute Gasteiger partial charge is 0.195 e. The van der Waals surface area contributed by atoms with Gasteiger partial charge in [0.1, 0.15) is 17.2 Å². The van der Waals surface area contributed by atoms with Gasteiger partial charge in [-0.3, -0.25) is 4.79 Å². The second-order valence-corrected chi connectivity index (χ2v) is 8.33. The number of rotatable bonds is 4. The van der Waals surface area contributed by atoms with Crippen molar-refractivity contribution in [1.82, 2.24) is 0 Å². The minimum Gasteiger partial charge on any atom is -0.508 e. The van der Waals surface area contributed by atoms with Gasteiger partial charge >= 0.3 is 0 Å². The summed E-state index contributed by atoms with van der Waals surface area (Å²) >= 11 is 1.50. The summed E-state index contributed by atoms with van der Waals surface area (Å²) in [6, 6.07) is 24.1. The van der Waals surface area contributed by atoms with Crippen LogP contribution in [0.25, 0.3) is 32.3 Å². The molecule has 0 saturated carbocycles. The van der Waals surface area contributed by atoms with Crippen LogP contribution in [0.2, 0.25) is 0 Å². The Morgan fingerprint density at radius 3 is 2.19 bits per heavy atom. The number of phenolic OH excluding ortho intramolecular Hbond substituents is 3. The minimum absolute atomic E-state index is 0.0300. The number of hydrogen-bond acceptors (Lipinski definition) is 5. The van der Waals surface area contributed by atoms with Gasteiger partial charge in [-0.25, -0.2) is 0 Å². The third-order valence-electron chi connectivity index (χ3n) is 5.50. The van der Waals surface area contributed by atoms with E-state index in [4.69, 9.17) is 0 Å². The molecule has 4 nitrogen and oxygen atoms in total. The van der Waals surface area contributed by atoms with Gasteiger partial charge < -0.3 is 15.3 Å². The molecule has 0 fully saturated rings. The monoisotopic (exact) mass is 438 g/mol. The molecule has 5 heteroatoms. The molecule has 5 rings (SSSR count). The highest BCUT2D eigenvalue weighted by Gasteiger charge is 2.23. The fourth-order valence-electron chi connectivity index (χ4n) is 3.92. The first-order valence-corrected chi connectivity index (χ1v) is 10.9. The zero-order chi connectivity index (χ0) is 22.2. The molecule has 4 aromatic carbocycles. The summed E-state index contributed by atoms with van der Waals surface area (Å²) in [5, 5.41) is 34.1. The molecule has 0 atom stereocenters. The van der Waals surface area contributed by atoms with Gasteiger partial charge in [-0.05, 0) is 42.0 Å². The molecular formula is C27H18O4S. The Balaban J connectivity index is 1.75. The molecule has 3 N–H and O–H groups in total. The van der Waals surface area contributed by atoms with Gasteiger partial charge in [0.15, 0.2) is 5.78 Å². The van der Waals surface area contributed by atoms with Crippen LogP contribution < -0.4 is 0 Å². The minimum atomic E-state index is -0.204. The highest BCUT2D eigenvalue weighted by molar-refractivity contribution is 7.17. The van der Waals surface area contributed by atoms with Crippen LogP contribution in [-0.2, 0) is 0 Å². The van der Waals surface area contributed by atoms with E-state index in [1.807, 2.05) is 29.6 Å². The first kappa shape index (κ1) is 19.8. The van der Waals surface area contributed by atoms with E-state index < -0.39 is 0 Å². The Bertz CT molecular complexity index is 1470. The molecule has 0 spiro atoms. The van der Waals surface area contributed by atoms with Crippen molar-refractivity contribution in [3.8, 4) is 39.5 Å². The van der Waals surface area contributed by atoms with E-state index in [0.29, 0.717) is 33.4 Å². The lowest BCUT2D eigenvalue weighted by Gasteiger charge is -2.16. The van der Waals surface area contributed by atoms with Gasteiger partial charge in [0, 0.05) is 43.3 Å². The molecule has 5 aromatic rings. The Morgan fingerprint density at radius 1 is 0.688 bits per heavy atom. The van der Waals surface area contributed by atoms with Crippen LogP contribution in [0.4, 0.5) is 0 Å². The third-order valence-corrected chi connectivity index (χ3v) is 6.46. The summed E-state index contributed by atoms with van der Waals surface area (Å²) in [7, 11) is 0. The molecule has 1 aromatic heterocycles. The first-order valence-electron chi connectivity index (χ1n) is 9.99. The van der Waals surface area contributed by atoms with Crippen LogP contribution >= 0.6 is 11.3 Å². The summed E-state index contributed by atoms with van der Waals surface area (Å²) in [6.07, 6.45) is 0. The van der Waals surface area contributed by atoms with Crippen molar-refractivity contribution in [3.63, 3.8) is 0 Å². The fraction of sp³-hybridized carbons (Fsp3) is 0. The molecule has 0 aliphatic rings. The summed E-state index contributed by atoms with van der Waals surface area (Å²) in [6.45, 7) is 0. The molecule has 0 amide bonds. The second kappa shape index (κ2) is 7.87. The highest BCUT2D eigenvalue weighted by atomic mass is 32.1. The third kappa shape index (κ3) is 3.29. The number of benzene rings is 4. The highest BCUT2D eigenvalue weighted by Crippen LogP contribution is 2.44. The van der Waals surface area contributed by atoms with Crippen molar-refractivity contribution >= 4 is 27.2 Å². The van der Waals surface area contributed by atoms with E-state index in [0.717, 1.165) is 10.1 Å². The number of fused-ring (bicyclic) bond motifs is 1. The fourth-order valence-corrected chi connectivity index (χ4v) is 4.86. The molecule has 0 bridgehead atoms. The van der Waals surface area contributed by atoms with Crippen molar-refractivity contribution in [2.24, 2.45) is 0 Å². The predicted molar refractivity (Wildman–Crippen MR) is 128 cm³/mol. The zero-order valence-corrected chi connectivity index (χ0v) is 17.6. The van der Waals surface area contributed by atoms with Crippen LogP contribution in [0.3, 0.4) is 0 Å². The van der Waals surface area contributed by atoms with Gasteiger partial charge in [0.25, 0.3) is 0 Å². The number of ketones is 1. The average Bonchev–Trinajstić information content (AvgIpc) is 3.24. The first-order chi connectivity index (χ1) is 15.5. The molecule has 0 radical (unpaired) electrons. The summed E-state index contributed by atoms with van der Waals surface area (Å²) < 4.78 is 1.01. The van der Waals surface area contributed by atoms with Crippen LogP contribution in [-0.4, -0.2) is 21.1 Å².